The molecule has 2 saturated carbocycles. The summed E-state index contributed by atoms with van der Waals surface area (Å²) in [6.07, 6.45) is -6.69. The van der Waals surface area contributed by atoms with Crippen molar-refractivity contribution >= 4 is 29.8 Å². The quantitative estimate of drug-likeness (QED) is 0.303. The number of carbonyl (C=O) groups excluding carboxylic acids is 5. The number of rotatable bonds is 8. The maximum atomic E-state index is 14.1. The van der Waals surface area contributed by atoms with Gasteiger partial charge in [0.05, 0.1) is 17.0 Å². The van der Waals surface area contributed by atoms with Gasteiger partial charge in [0.1, 0.15) is 18.3 Å². The minimum atomic E-state index is -2.05. The third-order valence-corrected chi connectivity index (χ3v) is 11.6. The van der Waals surface area contributed by atoms with Crippen LogP contribution in [-0.2, 0) is 42.8 Å². The summed E-state index contributed by atoms with van der Waals surface area (Å²) in [5.74, 6) is -8.49. The van der Waals surface area contributed by atoms with Crippen molar-refractivity contribution in [3.05, 3.63) is 71.8 Å². The minimum Gasteiger partial charge on any atom is -0.458 e. The number of hydrogen-bond donors (Lipinski definition) is 2. The zero-order valence-electron chi connectivity index (χ0n) is 29.7. The molecular weight excluding hydrogens is 662 g/mol. The van der Waals surface area contributed by atoms with Gasteiger partial charge in [-0.1, -0.05) is 57.2 Å². The zero-order chi connectivity index (χ0) is 37.1. The standard InChI is InChI=1S/C38H45NO12/c1-20(40)46-26-18-25-35(3,4)30(42)28(47-21(2)41)31(49-33(44)23-16-12-9-13-17-23)36(25,5)29-27(48-32(43)22-14-10-8-11-15-22)24(19-39-7)37(6)34(45)50-38(26,29)51-37/h8-17,24-31,39,42H,18-19H2,1-7H3/t24-,25-,26+,27?,28-,29+,30+,31-,36-,37+,38-/m0/s1. The zero-order valence-corrected chi connectivity index (χ0v) is 29.7. The second-order valence-corrected chi connectivity index (χ2v) is 15.0. The maximum Gasteiger partial charge on any atom is 0.341 e. The molecule has 2 bridgehead atoms. The lowest BCUT2D eigenvalue weighted by Crippen LogP contribution is -2.79. The summed E-state index contributed by atoms with van der Waals surface area (Å²) in [5, 5.41) is 15.1. The molecule has 1 spiro atoms. The smallest absolute Gasteiger partial charge is 0.341 e. The highest BCUT2D eigenvalue weighted by atomic mass is 16.8. The summed E-state index contributed by atoms with van der Waals surface area (Å²) in [5.41, 5.74) is -3.83. The Morgan fingerprint density at radius 1 is 0.824 bits per heavy atom. The molecule has 0 aromatic heterocycles. The number of aliphatic hydroxyl groups is 1. The van der Waals surface area contributed by atoms with E-state index < -0.39 is 100 Å². The number of nitrogens with one attached hydrogen (secondary N) is 1. The van der Waals surface area contributed by atoms with Crippen molar-refractivity contribution in [2.45, 2.75) is 89.9 Å². The van der Waals surface area contributed by atoms with Gasteiger partial charge < -0.3 is 38.8 Å². The number of aliphatic hydroxyl groups excluding tert-OH is 1. The Hall–Kier alpha value is -4.33. The van der Waals surface area contributed by atoms with E-state index in [0.717, 1.165) is 0 Å². The summed E-state index contributed by atoms with van der Waals surface area (Å²) in [6, 6.07) is 16.5. The molecule has 13 heteroatoms. The first kappa shape index (κ1) is 36.5. The molecule has 2 aliphatic carbocycles. The Labute approximate surface area is 296 Å². The minimum absolute atomic E-state index is 0.0256. The van der Waals surface area contributed by atoms with Crippen LogP contribution >= 0.6 is 0 Å². The molecular formula is C38H45NO12. The SMILES string of the molecule is CNC[C@H]1C(OC(=O)c2ccccc2)[C@H]2[C@]3(OC(=O)[C@]1(C)O3)[C@H](OC(C)=O)C[C@H]1C(C)(C)[C@H](O)[C@H](OC(C)=O)[C@H](OC(=O)c3ccccc3)[C@@]12C. The first-order valence-electron chi connectivity index (χ1n) is 17.1. The van der Waals surface area contributed by atoms with E-state index in [1.54, 1.807) is 95.4 Å². The maximum absolute atomic E-state index is 14.1. The number of esters is 5. The fourth-order valence-electron chi connectivity index (χ4n) is 9.41. The first-order valence-corrected chi connectivity index (χ1v) is 17.1. The predicted molar refractivity (Wildman–Crippen MR) is 178 cm³/mol. The summed E-state index contributed by atoms with van der Waals surface area (Å²) < 4.78 is 37.6. The second kappa shape index (κ2) is 13.0. The highest BCUT2D eigenvalue weighted by Gasteiger charge is 2.83. The van der Waals surface area contributed by atoms with Gasteiger partial charge >= 0.3 is 29.8 Å². The third-order valence-electron chi connectivity index (χ3n) is 11.6. The molecule has 2 aromatic carbocycles. The van der Waals surface area contributed by atoms with E-state index in [9.17, 15) is 29.1 Å². The average Bonchev–Trinajstić information content (AvgIpc) is 3.31. The molecule has 1 unspecified atom stereocenters. The van der Waals surface area contributed by atoms with Crippen molar-refractivity contribution < 1.29 is 57.5 Å². The number of benzene rings is 2. The van der Waals surface area contributed by atoms with Gasteiger partial charge in [0.15, 0.2) is 17.8 Å². The molecule has 4 fully saturated rings. The molecule has 6 rings (SSSR count). The summed E-state index contributed by atoms with van der Waals surface area (Å²) in [7, 11) is 1.68. The van der Waals surface area contributed by atoms with E-state index in [1.165, 1.54) is 13.8 Å². The van der Waals surface area contributed by atoms with Crippen LogP contribution in [0.2, 0.25) is 0 Å². The normalized spacial score (nSPS) is 37.5. The molecule has 2 aliphatic heterocycles. The van der Waals surface area contributed by atoms with Gasteiger partial charge in [-0.15, -0.1) is 0 Å². The molecule has 0 amide bonds. The fourth-order valence-corrected chi connectivity index (χ4v) is 9.41. The van der Waals surface area contributed by atoms with E-state index in [1.807, 2.05) is 0 Å². The molecule has 13 nitrogen and oxygen atoms in total. The number of hydrogen-bond acceptors (Lipinski definition) is 13. The van der Waals surface area contributed by atoms with Gasteiger partial charge in [-0.25, -0.2) is 14.4 Å². The van der Waals surface area contributed by atoms with Crippen molar-refractivity contribution in [3.8, 4) is 0 Å². The Bertz CT molecular complexity index is 1700. The van der Waals surface area contributed by atoms with Crippen molar-refractivity contribution in [3.63, 3.8) is 0 Å². The molecule has 2 heterocycles. The molecule has 4 aliphatic rings. The van der Waals surface area contributed by atoms with Crippen LogP contribution in [0.1, 0.15) is 68.7 Å². The van der Waals surface area contributed by atoms with Crippen LogP contribution in [0.25, 0.3) is 0 Å². The molecule has 2 N–H and O–H groups in total. The molecule has 2 aromatic rings. The van der Waals surface area contributed by atoms with Gasteiger partial charge in [0.2, 0.25) is 0 Å². The Morgan fingerprint density at radius 3 is 1.90 bits per heavy atom. The van der Waals surface area contributed by atoms with E-state index in [0.29, 0.717) is 0 Å². The monoisotopic (exact) mass is 707 g/mol. The third kappa shape index (κ3) is 5.69. The van der Waals surface area contributed by atoms with Crippen LogP contribution in [0.3, 0.4) is 0 Å². The number of ether oxygens (including phenoxy) is 6. The topological polar surface area (TPSA) is 173 Å². The first-order chi connectivity index (χ1) is 24.0. The Balaban J connectivity index is 1.63. The highest BCUT2D eigenvalue weighted by molar-refractivity contribution is 5.90. The van der Waals surface area contributed by atoms with Gasteiger partial charge in [-0.2, -0.15) is 0 Å². The van der Waals surface area contributed by atoms with E-state index in [-0.39, 0.29) is 24.1 Å². The Kier molecular flexibility index (Phi) is 9.31. The molecule has 0 radical (unpaired) electrons. The lowest BCUT2D eigenvalue weighted by atomic mass is 9.42. The summed E-state index contributed by atoms with van der Waals surface area (Å²) in [6.45, 7) is 9.39. The van der Waals surface area contributed by atoms with Crippen LogP contribution in [-0.4, -0.2) is 90.5 Å². The van der Waals surface area contributed by atoms with Crippen LogP contribution < -0.4 is 5.32 Å². The molecule has 11 atom stereocenters. The van der Waals surface area contributed by atoms with Crippen molar-refractivity contribution in [2.24, 2.45) is 28.6 Å². The van der Waals surface area contributed by atoms with Gasteiger partial charge in [-0.05, 0) is 56.0 Å². The molecule has 2 saturated heterocycles. The Morgan fingerprint density at radius 2 is 1.37 bits per heavy atom. The van der Waals surface area contributed by atoms with Crippen LogP contribution in [0.4, 0.5) is 0 Å². The van der Waals surface area contributed by atoms with Crippen LogP contribution in [0.5, 0.6) is 0 Å². The predicted octanol–water partition coefficient (Wildman–Crippen LogP) is 3.22. The van der Waals surface area contributed by atoms with E-state index in [4.69, 9.17) is 28.4 Å². The lowest BCUT2D eigenvalue weighted by Gasteiger charge is -2.68. The van der Waals surface area contributed by atoms with Gasteiger partial charge in [0, 0.05) is 31.7 Å². The second-order valence-electron chi connectivity index (χ2n) is 15.0. The van der Waals surface area contributed by atoms with Crippen LogP contribution in [0.15, 0.2) is 60.7 Å². The van der Waals surface area contributed by atoms with Gasteiger partial charge in [0.25, 0.3) is 5.79 Å². The fraction of sp³-hybridized carbons (Fsp3) is 0.553. The highest BCUT2D eigenvalue weighted by Crippen LogP contribution is 2.70. The lowest BCUT2D eigenvalue weighted by molar-refractivity contribution is -0.391. The van der Waals surface area contributed by atoms with Crippen molar-refractivity contribution in [2.75, 3.05) is 13.6 Å². The number of carbonyl (C=O) groups is 5. The van der Waals surface area contributed by atoms with E-state index >= 15 is 0 Å². The largest absolute Gasteiger partial charge is 0.458 e. The van der Waals surface area contributed by atoms with E-state index in [2.05, 4.69) is 5.32 Å². The van der Waals surface area contributed by atoms with Gasteiger partial charge in [-0.3, -0.25) is 9.59 Å². The van der Waals surface area contributed by atoms with Crippen molar-refractivity contribution in [1.29, 1.82) is 0 Å². The van der Waals surface area contributed by atoms with Crippen LogP contribution in [0, 0.1) is 28.6 Å². The summed E-state index contributed by atoms with van der Waals surface area (Å²) >= 11 is 0. The molecule has 51 heavy (non-hydrogen) atoms. The number of fused-ring (bicyclic) bond motifs is 3. The summed E-state index contributed by atoms with van der Waals surface area (Å²) in [4.78, 5) is 67.5. The molecule has 274 valence electrons. The average molecular weight is 708 g/mol. The van der Waals surface area contributed by atoms with Crippen molar-refractivity contribution in [1.82, 2.24) is 5.32 Å².